The van der Waals surface area contributed by atoms with Gasteiger partial charge in [-0.1, -0.05) is 11.6 Å². The number of hydrogen-bond donors (Lipinski definition) is 0. The van der Waals surface area contributed by atoms with Crippen LogP contribution in [0.2, 0.25) is 5.15 Å². The van der Waals surface area contributed by atoms with E-state index < -0.39 is 12.1 Å². The first kappa shape index (κ1) is 11.6. The molecule has 0 N–H and O–H groups in total. The Morgan fingerprint density at radius 3 is 2.72 bits per heavy atom. The number of hydrogen-bond acceptors (Lipinski definition) is 3. The summed E-state index contributed by atoms with van der Waals surface area (Å²) in [5.41, 5.74) is 1.10. The number of anilines is 1. The van der Waals surface area contributed by atoms with Crippen LogP contribution in [0.3, 0.4) is 0 Å². The number of rotatable bonds is 1. The molecule has 0 bridgehead atoms. The van der Waals surface area contributed by atoms with E-state index >= 15 is 0 Å². The highest BCUT2D eigenvalue weighted by atomic mass is 35.5. The molecule has 0 spiro atoms. The zero-order valence-corrected chi connectivity index (χ0v) is 9.78. The van der Waals surface area contributed by atoms with Crippen molar-refractivity contribution in [3.05, 3.63) is 23.6 Å². The Hall–Kier alpha value is -1.50. The molecule has 0 aromatic carbocycles. The fourth-order valence-corrected chi connectivity index (χ4v) is 2.17. The van der Waals surface area contributed by atoms with Gasteiger partial charge in [0, 0.05) is 31.5 Å². The fourth-order valence-electron chi connectivity index (χ4n) is 1.99. The Balaban J connectivity index is 1.90. The van der Waals surface area contributed by atoms with E-state index in [-0.39, 0.29) is 18.2 Å². The van der Waals surface area contributed by atoms with Crippen LogP contribution in [0.4, 0.5) is 18.9 Å². The Labute approximate surface area is 105 Å². The van der Waals surface area contributed by atoms with Crippen LogP contribution in [0, 0.1) is 5.92 Å². The summed E-state index contributed by atoms with van der Waals surface area (Å²) in [5, 5.41) is 4.20. The first-order chi connectivity index (χ1) is 8.45. The third-order valence-electron chi connectivity index (χ3n) is 3.00. The van der Waals surface area contributed by atoms with Gasteiger partial charge in [0.25, 0.3) is 0 Å². The second-order valence-corrected chi connectivity index (χ2v) is 4.58. The van der Waals surface area contributed by atoms with E-state index in [0.29, 0.717) is 11.3 Å². The smallest absolute Gasteiger partial charge is 0.367 e. The Morgan fingerprint density at radius 1 is 1.33 bits per heavy atom. The molecule has 3 rings (SSSR count). The lowest BCUT2D eigenvalue weighted by Crippen LogP contribution is -2.53. The number of nitrogens with zero attached hydrogens (tertiary/aromatic N) is 4. The largest absolute Gasteiger partial charge is 0.395 e. The highest BCUT2D eigenvalue weighted by Crippen LogP contribution is 2.37. The molecular weight excluding hydrogens is 269 g/mol. The average molecular weight is 277 g/mol. The van der Waals surface area contributed by atoms with E-state index in [0.717, 1.165) is 0 Å². The molecule has 2 aromatic heterocycles. The van der Waals surface area contributed by atoms with Crippen LogP contribution in [0.1, 0.15) is 0 Å². The van der Waals surface area contributed by atoms with E-state index in [2.05, 4.69) is 10.1 Å². The predicted molar refractivity (Wildman–Crippen MR) is 59.8 cm³/mol. The number of imidazole rings is 1. The summed E-state index contributed by atoms with van der Waals surface area (Å²) in [4.78, 5) is 5.67. The molecule has 0 aliphatic carbocycles. The molecule has 18 heavy (non-hydrogen) atoms. The van der Waals surface area contributed by atoms with Crippen LogP contribution in [0.25, 0.3) is 5.65 Å². The number of alkyl halides is 3. The second-order valence-electron chi connectivity index (χ2n) is 4.19. The summed E-state index contributed by atoms with van der Waals surface area (Å²) in [6.07, 6.45) is -1.01. The van der Waals surface area contributed by atoms with Crippen molar-refractivity contribution in [3.63, 3.8) is 0 Å². The molecule has 0 radical (unpaired) electrons. The van der Waals surface area contributed by atoms with Crippen LogP contribution in [-0.2, 0) is 0 Å². The molecule has 1 aliphatic heterocycles. The number of aromatic nitrogens is 3. The lowest BCUT2D eigenvalue weighted by atomic mass is 9.99. The second kappa shape index (κ2) is 3.74. The average Bonchev–Trinajstić information content (AvgIpc) is 2.59. The summed E-state index contributed by atoms with van der Waals surface area (Å²) in [6, 6.07) is 1.54. The van der Waals surface area contributed by atoms with Gasteiger partial charge in [-0.05, 0) is 0 Å². The molecule has 1 fully saturated rings. The zero-order valence-electron chi connectivity index (χ0n) is 9.02. The van der Waals surface area contributed by atoms with E-state index in [1.807, 2.05) is 0 Å². The van der Waals surface area contributed by atoms with Crippen molar-refractivity contribution in [1.82, 2.24) is 14.6 Å². The summed E-state index contributed by atoms with van der Waals surface area (Å²) in [6.45, 7) is -0.126. The minimum Gasteiger partial charge on any atom is -0.367 e. The standard InChI is InChI=1S/C10H8ClF3N4/c11-8-3-7(9-15-1-2-18(9)16-8)17-4-6(5-17)10(12,13)14/h1-3,6H,4-5H2. The maximum absolute atomic E-state index is 12.4. The van der Waals surface area contributed by atoms with Crippen LogP contribution >= 0.6 is 11.6 Å². The van der Waals surface area contributed by atoms with Crippen LogP contribution in [-0.4, -0.2) is 33.9 Å². The molecule has 1 aliphatic rings. The van der Waals surface area contributed by atoms with Gasteiger partial charge in [0.15, 0.2) is 10.8 Å². The van der Waals surface area contributed by atoms with Crippen LogP contribution in [0.15, 0.2) is 18.5 Å². The normalized spacial score (nSPS) is 17.2. The summed E-state index contributed by atoms with van der Waals surface area (Å²) in [7, 11) is 0. The molecule has 96 valence electrons. The van der Waals surface area contributed by atoms with Crippen molar-refractivity contribution >= 4 is 22.9 Å². The van der Waals surface area contributed by atoms with E-state index in [9.17, 15) is 13.2 Å². The van der Waals surface area contributed by atoms with Gasteiger partial charge in [0.2, 0.25) is 0 Å². The first-order valence-electron chi connectivity index (χ1n) is 5.27. The van der Waals surface area contributed by atoms with Gasteiger partial charge in [0.05, 0.1) is 11.6 Å². The van der Waals surface area contributed by atoms with Crippen molar-refractivity contribution in [3.8, 4) is 0 Å². The molecule has 0 unspecified atom stereocenters. The molecule has 3 heterocycles. The predicted octanol–water partition coefficient (Wildman–Crippen LogP) is 2.38. The van der Waals surface area contributed by atoms with Gasteiger partial charge < -0.3 is 4.90 Å². The summed E-state index contributed by atoms with van der Waals surface area (Å²) < 4.78 is 38.8. The monoisotopic (exact) mass is 276 g/mol. The van der Waals surface area contributed by atoms with Gasteiger partial charge in [-0.15, -0.1) is 0 Å². The van der Waals surface area contributed by atoms with Crippen molar-refractivity contribution in [2.75, 3.05) is 18.0 Å². The Morgan fingerprint density at radius 2 is 2.06 bits per heavy atom. The highest BCUT2D eigenvalue weighted by molar-refractivity contribution is 6.29. The zero-order chi connectivity index (χ0) is 12.9. The van der Waals surface area contributed by atoms with E-state index in [1.165, 1.54) is 16.8 Å². The number of fused-ring (bicyclic) bond motifs is 1. The minimum absolute atomic E-state index is 0.0631. The van der Waals surface area contributed by atoms with Crippen LogP contribution in [0.5, 0.6) is 0 Å². The first-order valence-corrected chi connectivity index (χ1v) is 5.64. The quantitative estimate of drug-likeness (QED) is 0.802. The molecule has 4 nitrogen and oxygen atoms in total. The lowest BCUT2D eigenvalue weighted by molar-refractivity contribution is -0.180. The molecule has 0 amide bonds. The van der Waals surface area contributed by atoms with Gasteiger partial charge in [-0.25, -0.2) is 9.50 Å². The lowest BCUT2D eigenvalue weighted by Gasteiger charge is -2.41. The molecule has 2 aromatic rings. The Bertz CT molecular complexity index is 588. The van der Waals surface area contributed by atoms with E-state index in [4.69, 9.17) is 11.6 Å². The van der Waals surface area contributed by atoms with Gasteiger partial charge in [-0.3, -0.25) is 0 Å². The van der Waals surface area contributed by atoms with Gasteiger partial charge in [0.1, 0.15) is 0 Å². The summed E-state index contributed by atoms with van der Waals surface area (Å²) in [5.74, 6) is -1.28. The van der Waals surface area contributed by atoms with Gasteiger partial charge >= 0.3 is 6.18 Å². The fraction of sp³-hybridized carbons (Fsp3) is 0.400. The third kappa shape index (κ3) is 1.78. The molecule has 1 saturated heterocycles. The van der Waals surface area contributed by atoms with Crippen molar-refractivity contribution in [2.45, 2.75) is 6.18 Å². The van der Waals surface area contributed by atoms with Crippen molar-refractivity contribution in [2.24, 2.45) is 5.92 Å². The van der Waals surface area contributed by atoms with Crippen LogP contribution < -0.4 is 4.90 Å². The van der Waals surface area contributed by atoms with Crippen molar-refractivity contribution in [1.29, 1.82) is 0 Å². The summed E-state index contributed by atoms with van der Waals surface area (Å²) >= 11 is 5.82. The van der Waals surface area contributed by atoms with E-state index in [1.54, 1.807) is 11.1 Å². The maximum atomic E-state index is 12.4. The molecule has 0 atom stereocenters. The van der Waals surface area contributed by atoms with Gasteiger partial charge in [-0.2, -0.15) is 18.3 Å². The maximum Gasteiger partial charge on any atom is 0.395 e. The Kier molecular flexibility index (Phi) is 2.41. The third-order valence-corrected chi connectivity index (χ3v) is 3.18. The number of halogens is 4. The highest BCUT2D eigenvalue weighted by Gasteiger charge is 2.47. The van der Waals surface area contributed by atoms with Crippen molar-refractivity contribution < 1.29 is 13.2 Å². The minimum atomic E-state index is -4.14. The molecule has 0 saturated carbocycles. The SMILES string of the molecule is FC(F)(F)C1CN(c2cc(Cl)nn3ccnc23)C1. The molecule has 8 heteroatoms. The molecular formula is C10H8ClF3N4. The topological polar surface area (TPSA) is 33.4 Å².